The van der Waals surface area contributed by atoms with Crippen LogP contribution in [-0.2, 0) is 17.7 Å². The van der Waals surface area contributed by atoms with Gasteiger partial charge >= 0.3 is 0 Å². The van der Waals surface area contributed by atoms with E-state index in [0.717, 1.165) is 18.3 Å². The van der Waals surface area contributed by atoms with Crippen LogP contribution in [0, 0.1) is 11.6 Å². The van der Waals surface area contributed by atoms with Gasteiger partial charge in [0, 0.05) is 38.9 Å². The monoisotopic (exact) mass is 293 g/mol. The van der Waals surface area contributed by atoms with E-state index in [1.807, 2.05) is 0 Å². The fourth-order valence-electron chi connectivity index (χ4n) is 1.85. The standard InChI is InChI=1S/C15H17F2N3O/c1-21-7-6-18-10-13-4-5-19-15(20-13)8-11-2-3-12(16)9-14(11)17/h2-5,9,18H,6-8,10H2,1H3. The molecule has 1 aromatic heterocycles. The Morgan fingerprint density at radius 1 is 1.24 bits per heavy atom. The van der Waals surface area contributed by atoms with E-state index in [9.17, 15) is 8.78 Å². The molecule has 112 valence electrons. The highest BCUT2D eigenvalue weighted by Crippen LogP contribution is 2.12. The molecular formula is C15H17F2N3O. The summed E-state index contributed by atoms with van der Waals surface area (Å²) in [6, 6.07) is 5.31. The van der Waals surface area contributed by atoms with E-state index < -0.39 is 11.6 Å². The maximum absolute atomic E-state index is 13.6. The van der Waals surface area contributed by atoms with Crippen molar-refractivity contribution in [3.63, 3.8) is 0 Å². The number of nitrogens with zero attached hydrogens (tertiary/aromatic N) is 2. The van der Waals surface area contributed by atoms with Crippen molar-refractivity contribution in [2.75, 3.05) is 20.3 Å². The SMILES string of the molecule is COCCNCc1ccnc(Cc2ccc(F)cc2F)n1. The molecule has 0 aliphatic rings. The Kier molecular flexibility index (Phi) is 5.71. The smallest absolute Gasteiger partial charge is 0.133 e. The van der Waals surface area contributed by atoms with Gasteiger partial charge in [0.2, 0.25) is 0 Å². The van der Waals surface area contributed by atoms with E-state index in [0.29, 0.717) is 24.5 Å². The Morgan fingerprint density at radius 3 is 2.86 bits per heavy atom. The van der Waals surface area contributed by atoms with Gasteiger partial charge in [0.15, 0.2) is 0 Å². The van der Waals surface area contributed by atoms with Gasteiger partial charge in [-0.1, -0.05) is 6.07 Å². The predicted octanol–water partition coefficient (Wildman–Crippen LogP) is 2.08. The van der Waals surface area contributed by atoms with E-state index in [1.54, 1.807) is 19.4 Å². The molecule has 0 atom stereocenters. The summed E-state index contributed by atoms with van der Waals surface area (Å²) in [4.78, 5) is 8.47. The van der Waals surface area contributed by atoms with E-state index in [1.165, 1.54) is 12.1 Å². The predicted molar refractivity (Wildman–Crippen MR) is 74.8 cm³/mol. The first-order valence-electron chi connectivity index (χ1n) is 6.63. The van der Waals surface area contributed by atoms with Crippen LogP contribution in [0.15, 0.2) is 30.5 Å². The minimum absolute atomic E-state index is 0.234. The highest BCUT2D eigenvalue weighted by Gasteiger charge is 2.07. The molecule has 0 fully saturated rings. The zero-order valence-corrected chi connectivity index (χ0v) is 11.8. The lowest BCUT2D eigenvalue weighted by atomic mass is 10.1. The first kappa shape index (κ1) is 15.5. The minimum Gasteiger partial charge on any atom is -0.383 e. The lowest BCUT2D eigenvalue weighted by Crippen LogP contribution is -2.19. The van der Waals surface area contributed by atoms with E-state index in [2.05, 4.69) is 15.3 Å². The highest BCUT2D eigenvalue weighted by atomic mass is 19.1. The van der Waals surface area contributed by atoms with Crippen LogP contribution in [0.2, 0.25) is 0 Å². The molecule has 2 rings (SSSR count). The number of benzene rings is 1. The second kappa shape index (κ2) is 7.75. The van der Waals surface area contributed by atoms with Crippen molar-refractivity contribution < 1.29 is 13.5 Å². The molecule has 0 unspecified atom stereocenters. The van der Waals surface area contributed by atoms with Gasteiger partial charge in [0.1, 0.15) is 17.5 Å². The van der Waals surface area contributed by atoms with Crippen LogP contribution in [0.25, 0.3) is 0 Å². The second-order valence-electron chi connectivity index (χ2n) is 4.55. The highest BCUT2D eigenvalue weighted by molar-refractivity contribution is 5.22. The van der Waals surface area contributed by atoms with Gasteiger partial charge < -0.3 is 10.1 Å². The average molecular weight is 293 g/mol. The summed E-state index contributed by atoms with van der Waals surface area (Å²) in [5.74, 6) is -0.665. The number of halogens is 2. The molecule has 0 aliphatic carbocycles. The molecular weight excluding hydrogens is 276 g/mol. The van der Waals surface area contributed by atoms with Crippen molar-refractivity contribution in [3.8, 4) is 0 Å². The molecule has 1 aromatic carbocycles. The van der Waals surface area contributed by atoms with Crippen molar-refractivity contribution in [3.05, 3.63) is 59.2 Å². The number of methoxy groups -OCH3 is 1. The molecule has 0 saturated heterocycles. The summed E-state index contributed by atoms with van der Waals surface area (Å²) in [6.07, 6.45) is 1.87. The number of rotatable bonds is 7. The lowest BCUT2D eigenvalue weighted by molar-refractivity contribution is 0.199. The molecule has 4 nitrogen and oxygen atoms in total. The van der Waals surface area contributed by atoms with Crippen LogP contribution in [0.1, 0.15) is 17.1 Å². The Labute approximate surface area is 122 Å². The topological polar surface area (TPSA) is 47.0 Å². The molecule has 0 bridgehead atoms. The first-order chi connectivity index (χ1) is 10.2. The van der Waals surface area contributed by atoms with Crippen LogP contribution < -0.4 is 5.32 Å². The van der Waals surface area contributed by atoms with Gasteiger partial charge in [0.25, 0.3) is 0 Å². The third-order valence-corrected chi connectivity index (χ3v) is 2.92. The maximum atomic E-state index is 13.6. The summed E-state index contributed by atoms with van der Waals surface area (Å²) in [5.41, 5.74) is 1.19. The number of hydrogen-bond donors (Lipinski definition) is 1. The molecule has 6 heteroatoms. The van der Waals surface area contributed by atoms with Crippen molar-refractivity contribution in [1.82, 2.24) is 15.3 Å². The van der Waals surface area contributed by atoms with Crippen LogP contribution in [0.5, 0.6) is 0 Å². The average Bonchev–Trinajstić information content (AvgIpc) is 2.47. The first-order valence-corrected chi connectivity index (χ1v) is 6.63. The Hall–Kier alpha value is -1.92. The molecule has 0 spiro atoms. The molecule has 0 amide bonds. The summed E-state index contributed by atoms with van der Waals surface area (Å²) in [6.45, 7) is 1.94. The van der Waals surface area contributed by atoms with E-state index in [-0.39, 0.29) is 6.42 Å². The zero-order chi connectivity index (χ0) is 15.1. The quantitative estimate of drug-likeness (QED) is 0.794. The summed E-state index contributed by atoms with van der Waals surface area (Å²) in [5, 5.41) is 3.17. The summed E-state index contributed by atoms with van der Waals surface area (Å²) >= 11 is 0. The third kappa shape index (κ3) is 4.84. The molecule has 0 radical (unpaired) electrons. The summed E-state index contributed by atoms with van der Waals surface area (Å²) in [7, 11) is 1.64. The fraction of sp³-hybridized carbons (Fsp3) is 0.333. The van der Waals surface area contributed by atoms with Gasteiger partial charge in [-0.25, -0.2) is 18.7 Å². The van der Waals surface area contributed by atoms with Gasteiger partial charge in [-0.2, -0.15) is 0 Å². The lowest BCUT2D eigenvalue weighted by Gasteiger charge is -2.06. The molecule has 21 heavy (non-hydrogen) atoms. The Bertz CT molecular complexity index is 593. The van der Waals surface area contributed by atoms with Crippen LogP contribution in [0.4, 0.5) is 8.78 Å². The molecule has 1 N–H and O–H groups in total. The maximum Gasteiger partial charge on any atom is 0.133 e. The zero-order valence-electron chi connectivity index (χ0n) is 11.8. The van der Waals surface area contributed by atoms with Gasteiger partial charge in [-0.05, 0) is 17.7 Å². The van der Waals surface area contributed by atoms with Crippen molar-refractivity contribution in [2.24, 2.45) is 0 Å². The van der Waals surface area contributed by atoms with Crippen LogP contribution >= 0.6 is 0 Å². The van der Waals surface area contributed by atoms with Crippen molar-refractivity contribution >= 4 is 0 Å². The molecule has 0 aliphatic heterocycles. The molecule has 2 aromatic rings. The van der Waals surface area contributed by atoms with Crippen molar-refractivity contribution in [1.29, 1.82) is 0 Å². The van der Waals surface area contributed by atoms with Gasteiger partial charge in [-0.3, -0.25) is 0 Å². The third-order valence-electron chi connectivity index (χ3n) is 2.92. The van der Waals surface area contributed by atoms with Gasteiger partial charge in [0.05, 0.1) is 12.3 Å². The number of nitrogens with one attached hydrogen (secondary N) is 1. The molecule has 0 saturated carbocycles. The van der Waals surface area contributed by atoms with Crippen LogP contribution in [-0.4, -0.2) is 30.2 Å². The largest absolute Gasteiger partial charge is 0.383 e. The van der Waals surface area contributed by atoms with Gasteiger partial charge in [-0.15, -0.1) is 0 Å². The second-order valence-corrected chi connectivity index (χ2v) is 4.55. The Balaban J connectivity index is 2.00. The Morgan fingerprint density at radius 2 is 2.10 bits per heavy atom. The summed E-state index contributed by atoms with van der Waals surface area (Å²) < 4.78 is 31.4. The molecule has 1 heterocycles. The van der Waals surface area contributed by atoms with E-state index >= 15 is 0 Å². The van der Waals surface area contributed by atoms with E-state index in [4.69, 9.17) is 4.74 Å². The minimum atomic E-state index is -0.590. The number of ether oxygens (including phenoxy) is 1. The number of hydrogen-bond acceptors (Lipinski definition) is 4. The fourth-order valence-corrected chi connectivity index (χ4v) is 1.85. The number of aromatic nitrogens is 2. The van der Waals surface area contributed by atoms with Crippen LogP contribution in [0.3, 0.4) is 0 Å². The van der Waals surface area contributed by atoms with Crippen molar-refractivity contribution in [2.45, 2.75) is 13.0 Å². The normalized spacial score (nSPS) is 10.8.